The molecule has 2 aromatic carbocycles. The minimum absolute atomic E-state index is 0.673. The van der Waals surface area contributed by atoms with E-state index in [9.17, 15) is 0 Å². The second-order valence-electron chi connectivity index (χ2n) is 4.39. The van der Waals surface area contributed by atoms with E-state index in [-0.39, 0.29) is 0 Å². The molecule has 0 amide bonds. The van der Waals surface area contributed by atoms with Gasteiger partial charge in [0.05, 0.1) is 0 Å². The van der Waals surface area contributed by atoms with Crippen LogP contribution in [0, 0.1) is 0 Å². The molecule has 0 spiro atoms. The van der Waals surface area contributed by atoms with Gasteiger partial charge in [0.25, 0.3) is 0 Å². The van der Waals surface area contributed by atoms with Crippen LogP contribution in [0.25, 0.3) is 21.9 Å². The summed E-state index contributed by atoms with van der Waals surface area (Å²) in [6.45, 7) is 2.86. The summed E-state index contributed by atoms with van der Waals surface area (Å²) in [5.74, 6) is 0.673. The first-order valence-corrected chi connectivity index (χ1v) is 6.42. The molecule has 0 unspecified atom stereocenters. The minimum atomic E-state index is 0.673. The number of hydrogen-bond donors (Lipinski definition) is 1. The Morgan fingerprint density at radius 1 is 0.895 bits per heavy atom. The van der Waals surface area contributed by atoms with Gasteiger partial charge in [-0.05, 0) is 29.3 Å². The van der Waals surface area contributed by atoms with Crippen molar-refractivity contribution in [3.63, 3.8) is 0 Å². The zero-order valence-electron chi connectivity index (χ0n) is 10.8. The lowest BCUT2D eigenvalue weighted by Gasteiger charge is -2.05. The molecule has 94 valence electrons. The molecule has 3 heteroatoms. The zero-order chi connectivity index (χ0) is 13.1. The molecule has 0 radical (unpaired) electrons. The van der Waals surface area contributed by atoms with Crippen LogP contribution in [0.5, 0.6) is 0 Å². The van der Waals surface area contributed by atoms with E-state index in [1.807, 2.05) is 19.3 Å². The third-order valence-electron chi connectivity index (χ3n) is 3.07. The maximum Gasteiger partial charge on any atom is 0.222 e. The molecule has 0 aliphatic rings. The zero-order valence-corrected chi connectivity index (χ0v) is 10.8. The Kier molecular flexibility index (Phi) is 3.11. The van der Waals surface area contributed by atoms with E-state index >= 15 is 0 Å². The highest BCUT2D eigenvalue weighted by molar-refractivity contribution is 5.87. The highest BCUT2D eigenvalue weighted by Gasteiger charge is 2.01. The van der Waals surface area contributed by atoms with Crippen LogP contribution < -0.4 is 5.32 Å². The van der Waals surface area contributed by atoms with Gasteiger partial charge in [0.15, 0.2) is 0 Å². The Labute approximate surface area is 112 Å². The van der Waals surface area contributed by atoms with E-state index in [1.165, 1.54) is 10.8 Å². The van der Waals surface area contributed by atoms with Crippen molar-refractivity contribution in [3.8, 4) is 11.1 Å². The molecule has 0 aliphatic heterocycles. The largest absolute Gasteiger partial charge is 0.355 e. The monoisotopic (exact) mass is 249 g/mol. The van der Waals surface area contributed by atoms with Crippen molar-refractivity contribution in [2.45, 2.75) is 6.92 Å². The normalized spacial score (nSPS) is 10.6. The fraction of sp³-hybridized carbons (Fsp3) is 0.125. The summed E-state index contributed by atoms with van der Waals surface area (Å²) < 4.78 is 0. The Bertz CT molecular complexity index is 690. The topological polar surface area (TPSA) is 37.8 Å². The van der Waals surface area contributed by atoms with Crippen molar-refractivity contribution in [2.75, 3.05) is 11.9 Å². The molecule has 0 saturated heterocycles. The minimum Gasteiger partial charge on any atom is -0.355 e. The van der Waals surface area contributed by atoms with Gasteiger partial charge in [-0.1, -0.05) is 36.4 Å². The van der Waals surface area contributed by atoms with Gasteiger partial charge >= 0.3 is 0 Å². The van der Waals surface area contributed by atoms with Gasteiger partial charge < -0.3 is 5.32 Å². The lowest BCUT2D eigenvalue weighted by molar-refractivity contribution is 1.09. The Morgan fingerprint density at radius 3 is 2.37 bits per heavy atom. The molecule has 0 bridgehead atoms. The number of aromatic nitrogens is 2. The van der Waals surface area contributed by atoms with Gasteiger partial charge in [-0.15, -0.1) is 0 Å². The summed E-state index contributed by atoms with van der Waals surface area (Å²) in [5.41, 5.74) is 2.18. The Balaban J connectivity index is 1.99. The molecule has 3 rings (SSSR count). The molecule has 3 nitrogen and oxygen atoms in total. The lowest BCUT2D eigenvalue weighted by atomic mass is 10.0. The maximum atomic E-state index is 4.30. The highest BCUT2D eigenvalue weighted by atomic mass is 15.1. The first-order valence-electron chi connectivity index (χ1n) is 6.42. The number of benzene rings is 2. The van der Waals surface area contributed by atoms with Crippen LogP contribution >= 0.6 is 0 Å². The summed E-state index contributed by atoms with van der Waals surface area (Å²) in [5, 5.41) is 5.57. The molecule has 1 aromatic heterocycles. The third-order valence-corrected chi connectivity index (χ3v) is 3.07. The number of nitrogens with one attached hydrogen (secondary N) is 1. The van der Waals surface area contributed by atoms with Gasteiger partial charge in [0.2, 0.25) is 5.95 Å². The number of nitrogens with zero attached hydrogens (tertiary/aromatic N) is 2. The van der Waals surface area contributed by atoms with Gasteiger partial charge in [0.1, 0.15) is 0 Å². The van der Waals surface area contributed by atoms with Crippen molar-refractivity contribution in [1.82, 2.24) is 9.97 Å². The summed E-state index contributed by atoms with van der Waals surface area (Å²) in [6.07, 6.45) is 3.71. The predicted octanol–water partition coefficient (Wildman–Crippen LogP) is 3.73. The van der Waals surface area contributed by atoms with Crippen LogP contribution in [0.3, 0.4) is 0 Å². The fourth-order valence-electron chi connectivity index (χ4n) is 2.10. The van der Waals surface area contributed by atoms with Crippen molar-refractivity contribution < 1.29 is 0 Å². The summed E-state index contributed by atoms with van der Waals surface area (Å²) >= 11 is 0. The smallest absolute Gasteiger partial charge is 0.222 e. The second kappa shape index (κ2) is 5.06. The first kappa shape index (κ1) is 11.7. The van der Waals surface area contributed by atoms with Crippen LogP contribution in [-0.4, -0.2) is 16.5 Å². The molecule has 19 heavy (non-hydrogen) atoms. The molecular formula is C16H15N3. The highest BCUT2D eigenvalue weighted by Crippen LogP contribution is 2.23. The van der Waals surface area contributed by atoms with Crippen LogP contribution in [-0.2, 0) is 0 Å². The van der Waals surface area contributed by atoms with E-state index in [4.69, 9.17) is 0 Å². The maximum absolute atomic E-state index is 4.30. The summed E-state index contributed by atoms with van der Waals surface area (Å²) in [7, 11) is 0. The van der Waals surface area contributed by atoms with E-state index in [0.29, 0.717) is 5.95 Å². The molecule has 0 saturated carbocycles. The third kappa shape index (κ3) is 2.40. The number of fused-ring (bicyclic) bond motifs is 1. The SMILES string of the molecule is CCNc1ncc(-c2ccc3ccccc3c2)cn1. The predicted molar refractivity (Wildman–Crippen MR) is 79.1 cm³/mol. The average Bonchev–Trinajstić information content (AvgIpc) is 2.48. The van der Waals surface area contributed by atoms with Gasteiger partial charge in [-0.2, -0.15) is 0 Å². The van der Waals surface area contributed by atoms with Crippen molar-refractivity contribution >= 4 is 16.7 Å². The molecular weight excluding hydrogens is 234 g/mol. The molecule has 0 fully saturated rings. The van der Waals surface area contributed by atoms with E-state index < -0.39 is 0 Å². The standard InChI is InChI=1S/C16H15N3/c1-2-17-16-18-10-15(11-19-16)14-8-7-12-5-3-4-6-13(12)9-14/h3-11H,2H2,1H3,(H,17,18,19). The summed E-state index contributed by atoms with van der Waals surface area (Å²) in [4.78, 5) is 8.61. The van der Waals surface area contributed by atoms with E-state index in [1.54, 1.807) is 0 Å². The molecule has 0 aliphatic carbocycles. The number of anilines is 1. The molecule has 1 N–H and O–H groups in total. The number of hydrogen-bond acceptors (Lipinski definition) is 3. The molecule has 1 heterocycles. The van der Waals surface area contributed by atoms with E-state index in [2.05, 4.69) is 57.7 Å². The molecule has 0 atom stereocenters. The lowest BCUT2D eigenvalue weighted by Crippen LogP contribution is -2.01. The van der Waals surface area contributed by atoms with Gasteiger partial charge in [-0.25, -0.2) is 9.97 Å². The number of rotatable bonds is 3. The second-order valence-corrected chi connectivity index (χ2v) is 4.39. The first-order chi connectivity index (χ1) is 9.36. The summed E-state index contributed by atoms with van der Waals surface area (Å²) in [6, 6.07) is 14.7. The van der Waals surface area contributed by atoms with Crippen LogP contribution in [0.2, 0.25) is 0 Å². The van der Waals surface area contributed by atoms with Crippen molar-refractivity contribution in [2.24, 2.45) is 0 Å². The fourth-order valence-corrected chi connectivity index (χ4v) is 2.10. The van der Waals surface area contributed by atoms with Crippen LogP contribution in [0.15, 0.2) is 54.9 Å². The van der Waals surface area contributed by atoms with Gasteiger partial charge in [0, 0.05) is 24.5 Å². The average molecular weight is 249 g/mol. The van der Waals surface area contributed by atoms with Crippen molar-refractivity contribution in [1.29, 1.82) is 0 Å². The van der Waals surface area contributed by atoms with E-state index in [0.717, 1.165) is 17.7 Å². The quantitative estimate of drug-likeness (QED) is 0.768. The Morgan fingerprint density at radius 2 is 1.63 bits per heavy atom. The van der Waals surface area contributed by atoms with Crippen LogP contribution in [0.4, 0.5) is 5.95 Å². The Hall–Kier alpha value is -2.42. The van der Waals surface area contributed by atoms with Crippen molar-refractivity contribution in [3.05, 3.63) is 54.9 Å². The van der Waals surface area contributed by atoms with Crippen LogP contribution in [0.1, 0.15) is 6.92 Å². The molecule has 3 aromatic rings. The van der Waals surface area contributed by atoms with Gasteiger partial charge in [-0.3, -0.25) is 0 Å².